The summed E-state index contributed by atoms with van der Waals surface area (Å²) in [6.45, 7) is 3.66. The molecule has 1 amide bonds. The van der Waals surface area contributed by atoms with Crippen molar-refractivity contribution in [2.24, 2.45) is 0 Å². The summed E-state index contributed by atoms with van der Waals surface area (Å²) < 4.78 is 5.31. The van der Waals surface area contributed by atoms with Crippen molar-refractivity contribution in [2.45, 2.75) is 26.4 Å². The average Bonchev–Trinajstić information content (AvgIpc) is 2.67. The number of anilines is 1. The van der Waals surface area contributed by atoms with E-state index in [-0.39, 0.29) is 5.69 Å². The third-order valence-electron chi connectivity index (χ3n) is 3.73. The highest BCUT2D eigenvalue weighted by Crippen LogP contribution is 2.12. The van der Waals surface area contributed by atoms with Crippen molar-refractivity contribution >= 4 is 28.7 Å². The third-order valence-corrected chi connectivity index (χ3v) is 3.73. The monoisotopic (exact) mass is 350 g/mol. The predicted molar refractivity (Wildman–Crippen MR) is 96.6 cm³/mol. The Hall–Kier alpha value is -3.35. The minimum Gasteiger partial charge on any atom is -0.447 e. The van der Waals surface area contributed by atoms with Crippen LogP contribution in [0.3, 0.4) is 0 Å². The molecule has 0 saturated carbocycles. The molecule has 1 unspecified atom stereocenters. The lowest BCUT2D eigenvalue weighted by Gasteiger charge is -2.15. The lowest BCUT2D eigenvalue weighted by molar-refractivity contribution is -0.124. The molecule has 7 heteroatoms. The van der Waals surface area contributed by atoms with Crippen LogP contribution in [0.1, 0.15) is 29.4 Å². The predicted octanol–water partition coefficient (Wildman–Crippen LogP) is 2.91. The molecule has 7 nitrogen and oxygen atoms in total. The van der Waals surface area contributed by atoms with Crippen molar-refractivity contribution < 1.29 is 14.3 Å². The van der Waals surface area contributed by atoms with E-state index in [1.54, 1.807) is 31.3 Å². The molecule has 3 rings (SSSR count). The zero-order valence-corrected chi connectivity index (χ0v) is 14.5. The Labute approximate surface area is 150 Å². The van der Waals surface area contributed by atoms with Gasteiger partial charge in [0, 0.05) is 6.20 Å². The van der Waals surface area contributed by atoms with E-state index in [2.05, 4.69) is 20.3 Å². The Bertz CT molecular complexity index is 941. The maximum Gasteiger partial charge on any atom is 0.359 e. The highest BCUT2D eigenvalue weighted by atomic mass is 16.5. The van der Waals surface area contributed by atoms with Crippen LogP contribution in [0, 0.1) is 6.92 Å². The van der Waals surface area contributed by atoms with Gasteiger partial charge in [0.05, 0.1) is 17.2 Å². The summed E-state index contributed by atoms with van der Waals surface area (Å²) in [5, 5.41) is 2.64. The molecule has 1 aromatic carbocycles. The van der Waals surface area contributed by atoms with Crippen LogP contribution in [-0.2, 0) is 9.53 Å². The van der Waals surface area contributed by atoms with Gasteiger partial charge in [0.25, 0.3) is 5.91 Å². The maximum atomic E-state index is 12.3. The van der Waals surface area contributed by atoms with Gasteiger partial charge in [-0.2, -0.15) is 0 Å². The zero-order valence-electron chi connectivity index (χ0n) is 14.5. The Morgan fingerprint density at radius 3 is 2.54 bits per heavy atom. The van der Waals surface area contributed by atoms with E-state index in [0.29, 0.717) is 23.3 Å². The summed E-state index contributed by atoms with van der Waals surface area (Å²) in [5.74, 6) is -0.728. The van der Waals surface area contributed by atoms with Crippen molar-refractivity contribution in [3.63, 3.8) is 0 Å². The Morgan fingerprint density at radius 1 is 1.08 bits per heavy atom. The summed E-state index contributed by atoms with van der Waals surface area (Å²) in [4.78, 5) is 37.2. The van der Waals surface area contributed by atoms with Crippen LogP contribution in [-0.4, -0.2) is 32.9 Å². The smallest absolute Gasteiger partial charge is 0.359 e. The molecule has 0 aliphatic rings. The molecular formula is C19H18N4O3. The van der Waals surface area contributed by atoms with Crippen molar-refractivity contribution in [1.82, 2.24) is 15.0 Å². The molecule has 1 N–H and O–H groups in total. The molecule has 0 saturated heterocycles. The minimum absolute atomic E-state index is 0.0587. The van der Waals surface area contributed by atoms with Gasteiger partial charge in [0.15, 0.2) is 11.8 Å². The molecule has 0 aliphatic heterocycles. The summed E-state index contributed by atoms with van der Waals surface area (Å²) in [7, 11) is 0. The molecule has 2 aromatic heterocycles. The maximum absolute atomic E-state index is 12.3. The quantitative estimate of drug-likeness (QED) is 0.711. The highest BCUT2D eigenvalue weighted by molar-refractivity contribution is 5.96. The van der Waals surface area contributed by atoms with E-state index in [9.17, 15) is 9.59 Å². The largest absolute Gasteiger partial charge is 0.447 e. The number of aryl methyl sites for hydroxylation is 1. The number of nitrogens with one attached hydrogen (secondary N) is 1. The van der Waals surface area contributed by atoms with Crippen LogP contribution >= 0.6 is 0 Å². The Balaban J connectivity index is 1.70. The number of fused-ring (bicyclic) bond motifs is 1. The van der Waals surface area contributed by atoms with E-state index in [1.165, 1.54) is 6.20 Å². The second-order valence-corrected chi connectivity index (χ2v) is 5.76. The number of carbonyl (C=O) groups is 2. The van der Waals surface area contributed by atoms with Gasteiger partial charge in [-0.3, -0.25) is 9.78 Å². The second kappa shape index (κ2) is 7.69. The van der Waals surface area contributed by atoms with Crippen LogP contribution in [0.4, 0.5) is 5.82 Å². The summed E-state index contributed by atoms with van der Waals surface area (Å²) in [5.41, 5.74) is 2.31. The van der Waals surface area contributed by atoms with Gasteiger partial charge in [-0.05, 0) is 37.1 Å². The van der Waals surface area contributed by atoms with E-state index in [1.807, 2.05) is 25.1 Å². The standard InChI is InChI=1S/C19H18N4O3/c1-3-16(18(24)23-17-9-8-12(2)10-21-17)26-19(25)15-11-20-13-6-4-5-7-14(13)22-15/h4-11,16H,3H2,1-2H3,(H,21,23,24). The lowest BCUT2D eigenvalue weighted by Crippen LogP contribution is -2.32. The number of aromatic nitrogens is 3. The highest BCUT2D eigenvalue weighted by Gasteiger charge is 2.23. The average molecular weight is 350 g/mol. The molecule has 0 fully saturated rings. The van der Waals surface area contributed by atoms with E-state index in [4.69, 9.17) is 4.74 Å². The molecular weight excluding hydrogens is 332 g/mol. The van der Waals surface area contributed by atoms with Crippen LogP contribution in [0.25, 0.3) is 11.0 Å². The lowest BCUT2D eigenvalue weighted by atomic mass is 10.2. The molecule has 0 bridgehead atoms. The first kappa shape index (κ1) is 17.5. The zero-order chi connectivity index (χ0) is 18.5. The molecule has 132 valence electrons. The first-order valence-electron chi connectivity index (χ1n) is 8.23. The fourth-order valence-corrected chi connectivity index (χ4v) is 2.32. The Morgan fingerprint density at radius 2 is 1.85 bits per heavy atom. The fraction of sp³-hybridized carbons (Fsp3) is 0.211. The number of amides is 1. The number of hydrogen-bond acceptors (Lipinski definition) is 6. The summed E-state index contributed by atoms with van der Waals surface area (Å²) in [6, 6.07) is 10.7. The fourth-order valence-electron chi connectivity index (χ4n) is 2.32. The van der Waals surface area contributed by atoms with Gasteiger partial charge in [-0.1, -0.05) is 25.1 Å². The van der Waals surface area contributed by atoms with Gasteiger partial charge < -0.3 is 10.1 Å². The number of carbonyl (C=O) groups excluding carboxylic acids is 2. The van der Waals surface area contributed by atoms with Gasteiger partial charge in [-0.15, -0.1) is 0 Å². The van der Waals surface area contributed by atoms with Gasteiger partial charge in [-0.25, -0.2) is 14.8 Å². The SMILES string of the molecule is CCC(OC(=O)c1cnc2ccccc2n1)C(=O)Nc1ccc(C)cn1. The number of nitrogens with zero attached hydrogens (tertiary/aromatic N) is 3. The second-order valence-electron chi connectivity index (χ2n) is 5.76. The number of hydrogen-bond donors (Lipinski definition) is 1. The first-order valence-corrected chi connectivity index (χ1v) is 8.23. The summed E-state index contributed by atoms with van der Waals surface area (Å²) in [6.07, 6.45) is 2.37. The molecule has 3 aromatic rings. The van der Waals surface area contributed by atoms with Crippen molar-refractivity contribution in [3.05, 3.63) is 60.0 Å². The van der Waals surface area contributed by atoms with E-state index in [0.717, 1.165) is 5.56 Å². The number of pyridine rings is 1. The number of esters is 1. The number of ether oxygens (including phenoxy) is 1. The van der Waals surface area contributed by atoms with Gasteiger partial charge in [0.2, 0.25) is 0 Å². The molecule has 0 spiro atoms. The van der Waals surface area contributed by atoms with Crippen LogP contribution in [0.5, 0.6) is 0 Å². The summed E-state index contributed by atoms with van der Waals surface area (Å²) >= 11 is 0. The topological polar surface area (TPSA) is 94.1 Å². The Kier molecular flexibility index (Phi) is 5.17. The van der Waals surface area contributed by atoms with Crippen molar-refractivity contribution in [3.8, 4) is 0 Å². The molecule has 1 atom stereocenters. The van der Waals surface area contributed by atoms with Gasteiger partial charge >= 0.3 is 5.97 Å². The molecule has 0 aliphatic carbocycles. The molecule has 2 heterocycles. The third kappa shape index (κ3) is 4.00. The normalized spacial score (nSPS) is 11.8. The molecule has 0 radical (unpaired) electrons. The van der Waals surface area contributed by atoms with Gasteiger partial charge in [0.1, 0.15) is 5.82 Å². The van der Waals surface area contributed by atoms with Crippen LogP contribution < -0.4 is 5.32 Å². The van der Waals surface area contributed by atoms with E-state index >= 15 is 0 Å². The first-order chi connectivity index (χ1) is 12.6. The minimum atomic E-state index is -0.945. The van der Waals surface area contributed by atoms with E-state index < -0.39 is 18.0 Å². The number of rotatable bonds is 5. The number of benzene rings is 1. The van der Waals surface area contributed by atoms with Crippen molar-refractivity contribution in [1.29, 1.82) is 0 Å². The van der Waals surface area contributed by atoms with Crippen molar-refractivity contribution in [2.75, 3.05) is 5.32 Å². The molecule has 26 heavy (non-hydrogen) atoms. The van der Waals surface area contributed by atoms with Crippen LogP contribution in [0.15, 0.2) is 48.8 Å². The number of para-hydroxylation sites is 2. The van der Waals surface area contributed by atoms with Crippen LogP contribution in [0.2, 0.25) is 0 Å².